The van der Waals surface area contributed by atoms with Gasteiger partial charge in [-0.05, 0) is 24.3 Å². The van der Waals surface area contributed by atoms with Crippen molar-refractivity contribution in [2.75, 3.05) is 13.1 Å². The van der Waals surface area contributed by atoms with Gasteiger partial charge in [0.15, 0.2) is 0 Å². The van der Waals surface area contributed by atoms with Crippen LogP contribution in [-0.2, 0) is 11.0 Å². The van der Waals surface area contributed by atoms with E-state index in [2.05, 4.69) is 0 Å². The van der Waals surface area contributed by atoms with Gasteiger partial charge in [-0.1, -0.05) is 0 Å². The maximum atomic E-state index is 12.3. The highest BCUT2D eigenvalue weighted by atomic mass is 19.4. The Morgan fingerprint density at radius 1 is 1.22 bits per heavy atom. The Balaban J connectivity index is 2.06. The summed E-state index contributed by atoms with van der Waals surface area (Å²) in [6.45, 7) is 0.673. The molecule has 0 saturated carbocycles. The van der Waals surface area contributed by atoms with Gasteiger partial charge in [0, 0.05) is 24.6 Å². The summed E-state index contributed by atoms with van der Waals surface area (Å²) >= 11 is 0. The molecule has 0 spiro atoms. The zero-order valence-corrected chi connectivity index (χ0v) is 9.28. The normalized spacial score (nSPS) is 16.3. The summed E-state index contributed by atoms with van der Waals surface area (Å²) in [6, 6.07) is 4.06. The predicted molar refractivity (Wildman–Crippen MR) is 56.9 cm³/mol. The molecule has 0 atom stereocenters. The molecule has 0 aromatic heterocycles. The standard InChI is InChI=1S/C12H10F3NO2/c13-12(14,15)10-3-1-9(2-4-10)11(18)16-5-8(6-16)7-17/h1-4,7-8H,5-6H2. The number of carbonyl (C=O) groups is 2. The molecule has 3 nitrogen and oxygen atoms in total. The van der Waals surface area contributed by atoms with Gasteiger partial charge in [-0.25, -0.2) is 0 Å². The molecule has 0 radical (unpaired) electrons. The minimum atomic E-state index is -4.40. The average Bonchev–Trinajstić information content (AvgIpc) is 2.26. The monoisotopic (exact) mass is 257 g/mol. The van der Waals surface area contributed by atoms with Crippen LogP contribution in [0.5, 0.6) is 0 Å². The maximum Gasteiger partial charge on any atom is 0.416 e. The number of carbonyl (C=O) groups excluding carboxylic acids is 2. The lowest BCUT2D eigenvalue weighted by atomic mass is 10.0. The molecule has 1 saturated heterocycles. The first-order chi connectivity index (χ1) is 8.41. The number of amides is 1. The molecule has 1 aromatic rings. The van der Waals surface area contributed by atoms with Crippen LogP contribution in [0.2, 0.25) is 0 Å². The average molecular weight is 257 g/mol. The lowest BCUT2D eigenvalue weighted by Gasteiger charge is -2.36. The Labute approximate surface area is 101 Å². The Hall–Kier alpha value is -1.85. The van der Waals surface area contributed by atoms with Crippen molar-refractivity contribution in [1.82, 2.24) is 4.90 Å². The van der Waals surface area contributed by atoms with E-state index in [0.717, 1.165) is 30.6 Å². The molecular formula is C12H10F3NO2. The summed E-state index contributed by atoms with van der Waals surface area (Å²) in [6.07, 6.45) is -3.63. The Bertz CT molecular complexity index is 461. The molecule has 18 heavy (non-hydrogen) atoms. The Morgan fingerprint density at radius 2 is 1.78 bits per heavy atom. The fourth-order valence-corrected chi connectivity index (χ4v) is 1.75. The van der Waals surface area contributed by atoms with E-state index in [9.17, 15) is 22.8 Å². The number of aldehydes is 1. The molecule has 1 fully saturated rings. The number of hydrogen-bond donors (Lipinski definition) is 0. The number of hydrogen-bond acceptors (Lipinski definition) is 2. The SMILES string of the molecule is O=CC1CN(C(=O)c2ccc(C(F)(F)F)cc2)C1. The highest BCUT2D eigenvalue weighted by Gasteiger charge is 2.32. The van der Waals surface area contributed by atoms with E-state index in [1.54, 1.807) is 0 Å². The van der Waals surface area contributed by atoms with Crippen molar-refractivity contribution < 1.29 is 22.8 Å². The van der Waals surface area contributed by atoms with Crippen LogP contribution >= 0.6 is 0 Å². The second kappa shape index (κ2) is 4.44. The molecule has 96 valence electrons. The highest BCUT2D eigenvalue weighted by Crippen LogP contribution is 2.29. The number of rotatable bonds is 2. The quantitative estimate of drug-likeness (QED) is 0.760. The van der Waals surface area contributed by atoms with Gasteiger partial charge in [-0.3, -0.25) is 4.79 Å². The van der Waals surface area contributed by atoms with Gasteiger partial charge >= 0.3 is 6.18 Å². The molecule has 1 aliphatic rings. The van der Waals surface area contributed by atoms with Crippen LogP contribution in [0, 0.1) is 5.92 Å². The van der Waals surface area contributed by atoms with Crippen molar-refractivity contribution in [3.05, 3.63) is 35.4 Å². The van der Waals surface area contributed by atoms with Crippen molar-refractivity contribution in [2.24, 2.45) is 5.92 Å². The highest BCUT2D eigenvalue weighted by molar-refractivity contribution is 5.95. The van der Waals surface area contributed by atoms with Gasteiger partial charge < -0.3 is 9.69 Å². The molecule has 0 N–H and O–H groups in total. The lowest BCUT2D eigenvalue weighted by Crippen LogP contribution is -2.50. The number of likely N-dealkylation sites (tertiary alicyclic amines) is 1. The minimum Gasteiger partial charge on any atom is -0.337 e. The molecule has 1 aromatic carbocycles. The van der Waals surface area contributed by atoms with E-state index in [-0.39, 0.29) is 17.4 Å². The van der Waals surface area contributed by atoms with Gasteiger partial charge in [0.2, 0.25) is 0 Å². The minimum absolute atomic E-state index is 0.150. The van der Waals surface area contributed by atoms with Crippen molar-refractivity contribution in [3.63, 3.8) is 0 Å². The van der Waals surface area contributed by atoms with E-state index in [4.69, 9.17) is 0 Å². The van der Waals surface area contributed by atoms with E-state index in [1.807, 2.05) is 0 Å². The van der Waals surface area contributed by atoms with Crippen molar-refractivity contribution >= 4 is 12.2 Å². The maximum absolute atomic E-state index is 12.3. The van der Waals surface area contributed by atoms with Crippen LogP contribution in [0.1, 0.15) is 15.9 Å². The second-order valence-electron chi connectivity index (χ2n) is 4.18. The van der Waals surface area contributed by atoms with Gasteiger partial charge in [0.05, 0.1) is 5.56 Å². The second-order valence-corrected chi connectivity index (χ2v) is 4.18. The summed E-state index contributed by atoms with van der Waals surface area (Å²) in [5, 5.41) is 0. The molecule has 6 heteroatoms. The molecule has 0 unspecified atom stereocenters. The van der Waals surface area contributed by atoms with E-state index < -0.39 is 11.7 Å². The molecule has 1 heterocycles. The van der Waals surface area contributed by atoms with Gasteiger partial charge in [-0.2, -0.15) is 13.2 Å². The summed E-state index contributed by atoms with van der Waals surface area (Å²) in [5.74, 6) is -0.495. The topological polar surface area (TPSA) is 37.4 Å². The fourth-order valence-electron chi connectivity index (χ4n) is 1.75. The van der Waals surface area contributed by atoms with Crippen LogP contribution in [0.4, 0.5) is 13.2 Å². The molecule has 0 aliphatic carbocycles. The van der Waals surface area contributed by atoms with Crippen LogP contribution in [0.15, 0.2) is 24.3 Å². The zero-order valence-electron chi connectivity index (χ0n) is 9.28. The van der Waals surface area contributed by atoms with Crippen LogP contribution < -0.4 is 0 Å². The number of benzene rings is 1. The van der Waals surface area contributed by atoms with E-state index in [0.29, 0.717) is 13.1 Å². The van der Waals surface area contributed by atoms with Crippen LogP contribution in [-0.4, -0.2) is 30.2 Å². The largest absolute Gasteiger partial charge is 0.416 e. The lowest BCUT2D eigenvalue weighted by molar-refractivity contribution is -0.137. The summed E-state index contributed by atoms with van der Waals surface area (Å²) < 4.78 is 37.0. The van der Waals surface area contributed by atoms with Crippen molar-refractivity contribution in [2.45, 2.75) is 6.18 Å². The molecule has 2 rings (SSSR count). The van der Waals surface area contributed by atoms with E-state index >= 15 is 0 Å². The molecule has 1 aliphatic heterocycles. The Kier molecular flexibility index (Phi) is 3.11. The third-order valence-electron chi connectivity index (χ3n) is 2.85. The molecule has 1 amide bonds. The van der Waals surface area contributed by atoms with Crippen LogP contribution in [0.25, 0.3) is 0 Å². The first-order valence-electron chi connectivity index (χ1n) is 5.33. The van der Waals surface area contributed by atoms with Crippen molar-refractivity contribution in [1.29, 1.82) is 0 Å². The fraction of sp³-hybridized carbons (Fsp3) is 0.333. The molecule has 0 bridgehead atoms. The van der Waals surface area contributed by atoms with Gasteiger partial charge in [-0.15, -0.1) is 0 Å². The first kappa shape index (κ1) is 12.6. The summed E-state index contributed by atoms with van der Waals surface area (Å²) in [5.41, 5.74) is -0.583. The third-order valence-corrected chi connectivity index (χ3v) is 2.85. The summed E-state index contributed by atoms with van der Waals surface area (Å²) in [7, 11) is 0. The number of alkyl halides is 3. The number of nitrogens with zero attached hydrogens (tertiary/aromatic N) is 1. The van der Waals surface area contributed by atoms with Crippen LogP contribution in [0.3, 0.4) is 0 Å². The summed E-state index contributed by atoms with van der Waals surface area (Å²) in [4.78, 5) is 23.6. The van der Waals surface area contributed by atoms with Gasteiger partial charge in [0.1, 0.15) is 6.29 Å². The first-order valence-corrected chi connectivity index (χ1v) is 5.33. The van der Waals surface area contributed by atoms with Crippen molar-refractivity contribution in [3.8, 4) is 0 Å². The predicted octanol–water partition coefficient (Wildman–Crippen LogP) is 1.98. The number of halogens is 3. The zero-order chi connectivity index (χ0) is 13.3. The third kappa shape index (κ3) is 2.37. The van der Waals surface area contributed by atoms with E-state index in [1.165, 1.54) is 4.90 Å². The van der Waals surface area contributed by atoms with Gasteiger partial charge in [0.25, 0.3) is 5.91 Å². The molecular weight excluding hydrogens is 247 g/mol. The Morgan fingerprint density at radius 3 is 2.22 bits per heavy atom. The smallest absolute Gasteiger partial charge is 0.337 e.